The van der Waals surface area contributed by atoms with Crippen LogP contribution in [0.3, 0.4) is 0 Å². The highest BCUT2D eigenvalue weighted by Crippen LogP contribution is 2.46. The fourth-order valence-corrected chi connectivity index (χ4v) is 2.64. The zero-order chi connectivity index (χ0) is 14.2. The summed E-state index contributed by atoms with van der Waals surface area (Å²) in [6.07, 6.45) is 3.21. The molecule has 1 saturated carbocycles. The largest absolute Gasteiger partial charge is 0.349 e. The van der Waals surface area contributed by atoms with Gasteiger partial charge in [0.25, 0.3) is 11.7 Å². The van der Waals surface area contributed by atoms with Gasteiger partial charge in [0.1, 0.15) is 0 Å². The molecule has 1 amide bonds. The van der Waals surface area contributed by atoms with Crippen LogP contribution in [0.25, 0.3) is 0 Å². The minimum atomic E-state index is -0.227. The Hall–Kier alpha value is -1.43. The van der Waals surface area contributed by atoms with Gasteiger partial charge in [-0.1, -0.05) is 19.0 Å². The third-order valence-corrected chi connectivity index (χ3v) is 4.63. The highest BCUT2D eigenvalue weighted by atomic mass is 16.5. The van der Waals surface area contributed by atoms with Gasteiger partial charge in [-0.3, -0.25) is 4.79 Å². The summed E-state index contributed by atoms with van der Waals surface area (Å²) in [6, 6.07) is 0. The SMILES string of the molecule is CC1CNCCC1CNC(=O)c1noc(C2(C)CC2)n1. The molecule has 1 aromatic heterocycles. The molecule has 1 aliphatic heterocycles. The van der Waals surface area contributed by atoms with E-state index in [1.54, 1.807) is 0 Å². The highest BCUT2D eigenvalue weighted by molar-refractivity contribution is 5.90. The van der Waals surface area contributed by atoms with Crippen molar-refractivity contribution in [3.63, 3.8) is 0 Å². The Kier molecular flexibility index (Phi) is 3.50. The maximum atomic E-state index is 12.0. The second-order valence-electron chi connectivity index (χ2n) is 6.42. The Morgan fingerprint density at radius 1 is 1.55 bits per heavy atom. The summed E-state index contributed by atoms with van der Waals surface area (Å²) >= 11 is 0. The van der Waals surface area contributed by atoms with Crippen molar-refractivity contribution in [1.82, 2.24) is 20.8 Å². The van der Waals surface area contributed by atoms with E-state index < -0.39 is 0 Å². The monoisotopic (exact) mass is 278 g/mol. The summed E-state index contributed by atoms with van der Waals surface area (Å²) in [5, 5.41) is 10.1. The van der Waals surface area contributed by atoms with E-state index in [1.807, 2.05) is 0 Å². The van der Waals surface area contributed by atoms with Gasteiger partial charge in [0, 0.05) is 12.0 Å². The Balaban J connectivity index is 1.55. The van der Waals surface area contributed by atoms with Gasteiger partial charge in [-0.25, -0.2) is 0 Å². The fourth-order valence-electron chi connectivity index (χ4n) is 2.64. The quantitative estimate of drug-likeness (QED) is 0.862. The van der Waals surface area contributed by atoms with Crippen LogP contribution in [0.15, 0.2) is 4.52 Å². The Labute approximate surface area is 118 Å². The molecule has 3 rings (SSSR count). The lowest BCUT2D eigenvalue weighted by molar-refractivity contribution is 0.0924. The van der Waals surface area contributed by atoms with Crippen LogP contribution < -0.4 is 10.6 Å². The van der Waals surface area contributed by atoms with Crippen LogP contribution in [0.4, 0.5) is 0 Å². The van der Waals surface area contributed by atoms with Crippen molar-refractivity contribution >= 4 is 5.91 Å². The number of carbonyl (C=O) groups excluding carboxylic acids is 1. The molecule has 0 aromatic carbocycles. The molecule has 2 heterocycles. The number of carbonyl (C=O) groups is 1. The molecule has 20 heavy (non-hydrogen) atoms. The van der Waals surface area contributed by atoms with E-state index in [2.05, 4.69) is 34.6 Å². The van der Waals surface area contributed by atoms with E-state index in [9.17, 15) is 4.79 Å². The first-order valence-electron chi connectivity index (χ1n) is 7.41. The third kappa shape index (κ3) is 2.70. The second-order valence-corrected chi connectivity index (χ2v) is 6.42. The van der Waals surface area contributed by atoms with Crippen LogP contribution >= 0.6 is 0 Å². The molecule has 1 aromatic rings. The van der Waals surface area contributed by atoms with E-state index in [0.717, 1.165) is 32.4 Å². The van der Waals surface area contributed by atoms with Crippen molar-refractivity contribution < 1.29 is 9.32 Å². The van der Waals surface area contributed by atoms with Gasteiger partial charge in [0.15, 0.2) is 0 Å². The molecular weight excluding hydrogens is 256 g/mol. The molecule has 2 fully saturated rings. The Morgan fingerprint density at radius 3 is 3.05 bits per heavy atom. The zero-order valence-electron chi connectivity index (χ0n) is 12.1. The summed E-state index contributed by atoms with van der Waals surface area (Å²) < 4.78 is 5.19. The molecular formula is C14H22N4O2. The lowest BCUT2D eigenvalue weighted by Crippen LogP contribution is -2.41. The first-order valence-corrected chi connectivity index (χ1v) is 7.41. The number of nitrogens with one attached hydrogen (secondary N) is 2. The Bertz CT molecular complexity index is 495. The zero-order valence-corrected chi connectivity index (χ0v) is 12.1. The molecule has 2 unspecified atom stereocenters. The number of aromatic nitrogens is 2. The van der Waals surface area contributed by atoms with E-state index in [4.69, 9.17) is 4.52 Å². The molecule has 6 nitrogen and oxygen atoms in total. The fraction of sp³-hybridized carbons (Fsp3) is 0.786. The molecule has 0 bridgehead atoms. The molecule has 0 radical (unpaired) electrons. The van der Waals surface area contributed by atoms with Crippen molar-refractivity contribution in [3.05, 3.63) is 11.7 Å². The number of amides is 1. The molecule has 2 aliphatic rings. The third-order valence-electron chi connectivity index (χ3n) is 4.63. The summed E-state index contributed by atoms with van der Waals surface area (Å²) in [7, 11) is 0. The summed E-state index contributed by atoms with van der Waals surface area (Å²) in [5.41, 5.74) is 0.00901. The van der Waals surface area contributed by atoms with Crippen LogP contribution in [-0.2, 0) is 5.41 Å². The predicted octanol–water partition coefficient (Wildman–Crippen LogP) is 1.10. The summed E-state index contributed by atoms with van der Waals surface area (Å²) in [4.78, 5) is 16.3. The van der Waals surface area contributed by atoms with Crippen LogP contribution in [0, 0.1) is 11.8 Å². The van der Waals surface area contributed by atoms with Gasteiger partial charge in [-0.05, 0) is 44.2 Å². The van der Waals surface area contributed by atoms with Gasteiger partial charge in [-0.2, -0.15) is 4.98 Å². The van der Waals surface area contributed by atoms with Gasteiger partial charge in [-0.15, -0.1) is 0 Å². The minimum absolute atomic E-state index is 0.00901. The summed E-state index contributed by atoms with van der Waals surface area (Å²) in [5.74, 6) is 1.63. The van der Waals surface area contributed by atoms with Gasteiger partial charge >= 0.3 is 0 Å². The normalized spacial score (nSPS) is 28.1. The minimum Gasteiger partial charge on any atom is -0.349 e. The maximum absolute atomic E-state index is 12.0. The first-order chi connectivity index (χ1) is 9.58. The summed E-state index contributed by atoms with van der Waals surface area (Å²) in [6.45, 7) is 7.02. The number of rotatable bonds is 4. The molecule has 110 valence electrons. The van der Waals surface area contributed by atoms with Crippen molar-refractivity contribution in [1.29, 1.82) is 0 Å². The predicted molar refractivity (Wildman–Crippen MR) is 73.4 cm³/mol. The van der Waals surface area contributed by atoms with Crippen LogP contribution in [-0.4, -0.2) is 35.7 Å². The molecule has 1 aliphatic carbocycles. The number of hydrogen-bond donors (Lipinski definition) is 2. The van der Waals surface area contributed by atoms with Crippen molar-refractivity contribution in [2.45, 2.75) is 38.5 Å². The topological polar surface area (TPSA) is 80.0 Å². The van der Waals surface area contributed by atoms with Crippen molar-refractivity contribution in [3.8, 4) is 0 Å². The van der Waals surface area contributed by atoms with Gasteiger partial charge < -0.3 is 15.2 Å². The smallest absolute Gasteiger partial charge is 0.292 e. The standard InChI is InChI=1S/C14H22N4O2/c1-9-7-15-6-3-10(9)8-16-12(19)11-17-13(20-18-11)14(2)4-5-14/h9-10,15H,3-8H2,1-2H3,(H,16,19). The second kappa shape index (κ2) is 5.16. The molecule has 2 N–H and O–H groups in total. The molecule has 0 spiro atoms. The van der Waals surface area contributed by atoms with Gasteiger partial charge in [0.05, 0.1) is 0 Å². The molecule has 1 saturated heterocycles. The maximum Gasteiger partial charge on any atom is 0.292 e. The van der Waals surface area contributed by atoms with Crippen LogP contribution in [0.1, 0.15) is 49.6 Å². The highest BCUT2D eigenvalue weighted by Gasteiger charge is 2.44. The number of piperidine rings is 1. The number of hydrogen-bond acceptors (Lipinski definition) is 5. The Morgan fingerprint density at radius 2 is 2.35 bits per heavy atom. The van der Waals surface area contributed by atoms with E-state index in [-0.39, 0.29) is 17.1 Å². The van der Waals surface area contributed by atoms with Crippen molar-refractivity contribution in [2.24, 2.45) is 11.8 Å². The van der Waals surface area contributed by atoms with Crippen LogP contribution in [0.5, 0.6) is 0 Å². The lowest BCUT2D eigenvalue weighted by atomic mass is 9.88. The average Bonchev–Trinajstić information content (AvgIpc) is 3.01. The van der Waals surface area contributed by atoms with Crippen LogP contribution in [0.2, 0.25) is 0 Å². The first kappa shape index (κ1) is 13.5. The lowest BCUT2D eigenvalue weighted by Gasteiger charge is -2.29. The molecule has 6 heteroatoms. The van der Waals surface area contributed by atoms with Crippen molar-refractivity contribution in [2.75, 3.05) is 19.6 Å². The average molecular weight is 278 g/mol. The van der Waals surface area contributed by atoms with E-state index >= 15 is 0 Å². The number of nitrogens with zero attached hydrogens (tertiary/aromatic N) is 2. The molecule has 2 atom stereocenters. The van der Waals surface area contributed by atoms with E-state index in [1.165, 1.54) is 0 Å². The van der Waals surface area contributed by atoms with Gasteiger partial charge in [0.2, 0.25) is 5.89 Å². The van der Waals surface area contributed by atoms with E-state index in [0.29, 0.717) is 24.3 Å².